The van der Waals surface area contributed by atoms with Gasteiger partial charge in [0.05, 0.1) is 0 Å². The highest BCUT2D eigenvalue weighted by atomic mass is 32.2. The summed E-state index contributed by atoms with van der Waals surface area (Å²) >= 11 is 0. The van der Waals surface area contributed by atoms with E-state index < -0.39 is 10.2 Å². The summed E-state index contributed by atoms with van der Waals surface area (Å²) in [7, 11) is 3.96. The maximum absolute atomic E-state index is 12.2. The highest BCUT2D eigenvalue weighted by molar-refractivity contribution is 7.86. The summed E-state index contributed by atoms with van der Waals surface area (Å²) in [4.78, 5) is 2.06. The summed E-state index contributed by atoms with van der Waals surface area (Å²) in [5, 5.41) is 3.19. The molecule has 0 rings (SSSR count). The van der Waals surface area contributed by atoms with Gasteiger partial charge >= 0.3 is 0 Å². The quantitative estimate of drug-likeness (QED) is 0.547. The second kappa shape index (κ2) is 9.66. The van der Waals surface area contributed by atoms with Gasteiger partial charge in [-0.1, -0.05) is 6.92 Å². The van der Waals surface area contributed by atoms with E-state index in [9.17, 15) is 8.42 Å². The van der Waals surface area contributed by atoms with Gasteiger partial charge in [-0.3, -0.25) is 0 Å². The van der Waals surface area contributed by atoms with Crippen molar-refractivity contribution < 1.29 is 8.42 Å². The Kier molecular flexibility index (Phi) is 9.55. The lowest BCUT2D eigenvalue weighted by Gasteiger charge is -2.24. The summed E-state index contributed by atoms with van der Waals surface area (Å²) in [6.45, 7) is 5.80. The van der Waals surface area contributed by atoms with E-state index in [4.69, 9.17) is 0 Å². The summed E-state index contributed by atoms with van der Waals surface area (Å²) in [6.07, 6.45) is 1.67. The fourth-order valence-corrected chi connectivity index (χ4v) is 2.88. The van der Waals surface area contributed by atoms with Gasteiger partial charge in [0, 0.05) is 27.2 Å². The molecule has 0 spiro atoms. The van der Waals surface area contributed by atoms with Gasteiger partial charge in [-0.15, -0.1) is 0 Å². The second-order valence-electron chi connectivity index (χ2n) is 5.01. The van der Waals surface area contributed by atoms with Gasteiger partial charge in [0.2, 0.25) is 0 Å². The number of hydrogen-bond donors (Lipinski definition) is 1. The lowest BCUT2D eigenvalue weighted by atomic mass is 10.4. The maximum Gasteiger partial charge on any atom is 0.281 e. The van der Waals surface area contributed by atoms with Crippen LogP contribution < -0.4 is 5.32 Å². The summed E-state index contributed by atoms with van der Waals surface area (Å²) in [6, 6.07) is 0. The van der Waals surface area contributed by atoms with Gasteiger partial charge < -0.3 is 10.2 Å². The molecule has 0 aliphatic heterocycles. The van der Waals surface area contributed by atoms with Gasteiger partial charge in [0.1, 0.15) is 0 Å². The molecule has 0 saturated carbocycles. The Morgan fingerprint density at radius 2 is 1.42 bits per heavy atom. The molecule has 0 aliphatic carbocycles. The fraction of sp³-hybridized carbons (Fsp3) is 1.00. The highest BCUT2D eigenvalue weighted by Crippen LogP contribution is 2.05. The zero-order chi connectivity index (χ0) is 14.9. The van der Waals surface area contributed by atoms with Crippen LogP contribution in [0.2, 0.25) is 0 Å². The first-order chi connectivity index (χ1) is 8.82. The van der Waals surface area contributed by atoms with Crippen LogP contribution in [-0.4, -0.2) is 82.8 Å². The van der Waals surface area contributed by atoms with Gasteiger partial charge in [0.25, 0.3) is 10.2 Å². The van der Waals surface area contributed by atoms with E-state index in [-0.39, 0.29) is 0 Å². The number of hydrogen-bond acceptors (Lipinski definition) is 4. The molecule has 1 N–H and O–H groups in total. The Morgan fingerprint density at radius 1 is 0.895 bits per heavy atom. The van der Waals surface area contributed by atoms with Crippen LogP contribution in [0.3, 0.4) is 0 Å². The first-order valence-corrected chi connectivity index (χ1v) is 8.25. The minimum atomic E-state index is -3.30. The average molecular weight is 294 g/mol. The number of nitrogens with zero attached hydrogens (tertiary/aromatic N) is 3. The normalized spacial score (nSPS) is 12.8. The van der Waals surface area contributed by atoms with Crippen LogP contribution in [0.1, 0.15) is 19.8 Å². The Bertz CT molecular complexity index is 320. The molecule has 0 aromatic rings. The molecule has 116 valence electrons. The van der Waals surface area contributed by atoms with E-state index in [2.05, 4.69) is 10.2 Å². The molecule has 0 fully saturated rings. The molecule has 0 bridgehead atoms. The molecule has 0 unspecified atom stereocenters. The van der Waals surface area contributed by atoms with Crippen molar-refractivity contribution in [3.8, 4) is 0 Å². The van der Waals surface area contributed by atoms with Crippen molar-refractivity contribution in [2.45, 2.75) is 19.8 Å². The predicted octanol–water partition coefficient (Wildman–Crippen LogP) is 0.0461. The third-order valence-corrected chi connectivity index (χ3v) is 4.88. The molecule has 0 radical (unpaired) electrons. The summed E-state index contributed by atoms with van der Waals surface area (Å²) in [5.41, 5.74) is 0. The van der Waals surface area contributed by atoms with Crippen molar-refractivity contribution in [3.05, 3.63) is 0 Å². The summed E-state index contributed by atoms with van der Waals surface area (Å²) in [5.74, 6) is 0. The van der Waals surface area contributed by atoms with E-state index in [1.54, 1.807) is 14.1 Å². The van der Waals surface area contributed by atoms with Crippen LogP contribution in [-0.2, 0) is 10.2 Å². The minimum Gasteiger partial charge on any atom is -0.317 e. The van der Waals surface area contributed by atoms with Crippen molar-refractivity contribution in [2.24, 2.45) is 0 Å². The lowest BCUT2D eigenvalue weighted by molar-refractivity contribution is 0.350. The van der Waals surface area contributed by atoms with Crippen molar-refractivity contribution in [1.29, 1.82) is 0 Å². The van der Waals surface area contributed by atoms with Crippen LogP contribution in [0, 0.1) is 0 Å². The lowest BCUT2D eigenvalue weighted by Crippen LogP contribution is -2.41. The van der Waals surface area contributed by atoms with Gasteiger partial charge in [-0.25, -0.2) is 0 Å². The maximum atomic E-state index is 12.2. The van der Waals surface area contributed by atoms with Crippen LogP contribution >= 0.6 is 0 Å². The van der Waals surface area contributed by atoms with E-state index in [1.807, 2.05) is 21.0 Å². The van der Waals surface area contributed by atoms with Crippen molar-refractivity contribution in [2.75, 3.05) is 60.9 Å². The Balaban J connectivity index is 4.11. The molecular formula is C12H30N4O2S. The van der Waals surface area contributed by atoms with Crippen molar-refractivity contribution >= 4 is 10.2 Å². The molecule has 0 amide bonds. The fourth-order valence-electron chi connectivity index (χ4n) is 1.68. The largest absolute Gasteiger partial charge is 0.317 e. The van der Waals surface area contributed by atoms with Crippen molar-refractivity contribution in [1.82, 2.24) is 18.8 Å². The summed E-state index contributed by atoms with van der Waals surface area (Å²) < 4.78 is 27.2. The third kappa shape index (κ3) is 7.84. The van der Waals surface area contributed by atoms with Crippen LogP contribution in [0.15, 0.2) is 0 Å². The molecule has 0 aromatic heterocycles. The smallest absolute Gasteiger partial charge is 0.281 e. The molecule has 19 heavy (non-hydrogen) atoms. The SMILES string of the molecule is CCNCCCN(C)S(=O)(=O)N(C)CCCN(C)C. The van der Waals surface area contributed by atoms with Crippen LogP contribution in [0.4, 0.5) is 0 Å². The van der Waals surface area contributed by atoms with E-state index >= 15 is 0 Å². The standard InChI is InChI=1S/C12H30N4O2S/c1-6-13-9-7-11-15(4)19(17,18)16(5)12-8-10-14(2)3/h13H,6-12H2,1-5H3. The van der Waals surface area contributed by atoms with Gasteiger partial charge in [-0.2, -0.15) is 17.0 Å². The zero-order valence-corrected chi connectivity index (χ0v) is 13.8. The second-order valence-corrected chi connectivity index (χ2v) is 7.16. The number of rotatable bonds is 11. The molecule has 0 aliphatic rings. The first kappa shape index (κ1) is 18.8. The minimum absolute atomic E-state index is 0.549. The van der Waals surface area contributed by atoms with E-state index in [0.29, 0.717) is 13.1 Å². The first-order valence-electron chi connectivity index (χ1n) is 6.85. The third-order valence-electron chi connectivity index (χ3n) is 2.94. The van der Waals surface area contributed by atoms with Gasteiger partial charge in [-0.05, 0) is 46.6 Å². The Hall–Kier alpha value is -0.210. The number of nitrogens with one attached hydrogen (secondary N) is 1. The van der Waals surface area contributed by atoms with E-state index in [1.165, 1.54) is 8.61 Å². The topological polar surface area (TPSA) is 55.9 Å². The molecule has 7 heteroatoms. The highest BCUT2D eigenvalue weighted by Gasteiger charge is 2.22. The Labute approximate surface area is 118 Å². The predicted molar refractivity (Wildman–Crippen MR) is 80.5 cm³/mol. The molecular weight excluding hydrogens is 264 g/mol. The zero-order valence-electron chi connectivity index (χ0n) is 13.0. The van der Waals surface area contributed by atoms with Gasteiger partial charge in [0.15, 0.2) is 0 Å². The van der Waals surface area contributed by atoms with Crippen LogP contribution in [0.25, 0.3) is 0 Å². The average Bonchev–Trinajstić information content (AvgIpc) is 2.33. The Morgan fingerprint density at radius 3 is 1.89 bits per heavy atom. The molecule has 0 atom stereocenters. The van der Waals surface area contributed by atoms with Crippen LogP contribution in [0.5, 0.6) is 0 Å². The molecule has 0 aromatic carbocycles. The molecule has 0 saturated heterocycles. The van der Waals surface area contributed by atoms with E-state index in [0.717, 1.165) is 32.5 Å². The monoisotopic (exact) mass is 294 g/mol. The van der Waals surface area contributed by atoms with Crippen molar-refractivity contribution in [3.63, 3.8) is 0 Å². The molecule has 6 nitrogen and oxygen atoms in total. The molecule has 0 heterocycles.